The van der Waals surface area contributed by atoms with E-state index in [4.69, 9.17) is 10.8 Å². The first kappa shape index (κ1) is 15.6. The molecule has 1 aromatic rings. The third-order valence-electron chi connectivity index (χ3n) is 2.80. The molecule has 0 unspecified atom stereocenters. The van der Waals surface area contributed by atoms with Crippen LogP contribution in [-0.4, -0.2) is 35.7 Å². The van der Waals surface area contributed by atoms with Crippen LogP contribution in [0.3, 0.4) is 0 Å². The Bertz CT molecular complexity index is 463. The van der Waals surface area contributed by atoms with Gasteiger partial charge in [0, 0.05) is 24.7 Å². The molecule has 0 atom stereocenters. The van der Waals surface area contributed by atoms with Crippen molar-refractivity contribution in [2.75, 3.05) is 19.7 Å². The Labute approximate surface area is 114 Å². The van der Waals surface area contributed by atoms with Crippen molar-refractivity contribution in [3.63, 3.8) is 0 Å². The standard InChI is InChI=1S/C15H21FN2O/c1-12(2)18(6-7-19)11-14-8-13(4-3-5-17)9-15(16)10-14/h8-10,12,19H,5-7,11,17H2,1-2H3. The van der Waals surface area contributed by atoms with Crippen molar-refractivity contribution in [3.05, 3.63) is 35.1 Å². The van der Waals surface area contributed by atoms with Crippen LogP contribution in [0.25, 0.3) is 0 Å². The lowest BCUT2D eigenvalue weighted by Crippen LogP contribution is -2.32. The highest BCUT2D eigenvalue weighted by atomic mass is 19.1. The molecule has 0 aliphatic rings. The largest absolute Gasteiger partial charge is 0.395 e. The number of nitrogens with zero attached hydrogens (tertiary/aromatic N) is 1. The van der Waals surface area contributed by atoms with Crippen LogP contribution in [0.1, 0.15) is 25.0 Å². The minimum absolute atomic E-state index is 0.0906. The van der Waals surface area contributed by atoms with Crippen molar-refractivity contribution in [2.45, 2.75) is 26.4 Å². The molecule has 0 aliphatic heterocycles. The van der Waals surface area contributed by atoms with Crippen molar-refractivity contribution in [3.8, 4) is 11.8 Å². The molecule has 19 heavy (non-hydrogen) atoms. The molecular formula is C15H21FN2O. The lowest BCUT2D eigenvalue weighted by atomic mass is 10.1. The van der Waals surface area contributed by atoms with E-state index in [1.54, 1.807) is 0 Å². The van der Waals surface area contributed by atoms with E-state index in [0.29, 0.717) is 18.7 Å². The predicted octanol–water partition coefficient (Wildman–Crippen LogP) is 1.34. The molecule has 0 saturated heterocycles. The number of halogens is 1. The van der Waals surface area contributed by atoms with Gasteiger partial charge in [-0.2, -0.15) is 0 Å². The molecule has 1 rings (SSSR count). The summed E-state index contributed by atoms with van der Waals surface area (Å²) < 4.78 is 13.5. The first-order valence-electron chi connectivity index (χ1n) is 6.40. The third-order valence-corrected chi connectivity index (χ3v) is 2.80. The number of benzene rings is 1. The van der Waals surface area contributed by atoms with Crippen LogP contribution in [0, 0.1) is 17.7 Å². The van der Waals surface area contributed by atoms with Gasteiger partial charge in [-0.25, -0.2) is 4.39 Å². The van der Waals surface area contributed by atoms with Crippen LogP contribution >= 0.6 is 0 Å². The maximum atomic E-state index is 13.5. The Kier molecular flexibility index (Phi) is 6.51. The van der Waals surface area contributed by atoms with Crippen molar-refractivity contribution in [1.82, 2.24) is 4.90 Å². The van der Waals surface area contributed by atoms with Gasteiger partial charge >= 0.3 is 0 Å². The summed E-state index contributed by atoms with van der Waals surface area (Å²) in [4.78, 5) is 2.08. The second-order valence-corrected chi connectivity index (χ2v) is 4.64. The van der Waals surface area contributed by atoms with E-state index in [-0.39, 0.29) is 25.0 Å². The van der Waals surface area contributed by atoms with Crippen LogP contribution in [0.5, 0.6) is 0 Å². The highest BCUT2D eigenvalue weighted by molar-refractivity contribution is 5.38. The normalized spacial score (nSPS) is 10.7. The fraction of sp³-hybridized carbons (Fsp3) is 0.467. The van der Waals surface area contributed by atoms with E-state index in [0.717, 1.165) is 5.56 Å². The molecule has 0 spiro atoms. The lowest BCUT2D eigenvalue weighted by Gasteiger charge is -2.25. The van der Waals surface area contributed by atoms with Crippen molar-refractivity contribution in [2.24, 2.45) is 5.73 Å². The van der Waals surface area contributed by atoms with E-state index in [9.17, 15) is 4.39 Å². The number of aliphatic hydroxyl groups excluding tert-OH is 1. The fourth-order valence-electron chi connectivity index (χ4n) is 1.85. The van der Waals surface area contributed by atoms with Gasteiger partial charge in [0.15, 0.2) is 0 Å². The zero-order valence-electron chi connectivity index (χ0n) is 11.5. The van der Waals surface area contributed by atoms with Gasteiger partial charge in [0.25, 0.3) is 0 Å². The molecule has 0 saturated carbocycles. The van der Waals surface area contributed by atoms with Crippen molar-refractivity contribution >= 4 is 0 Å². The molecule has 4 heteroatoms. The van der Waals surface area contributed by atoms with Crippen LogP contribution in [0.15, 0.2) is 18.2 Å². The van der Waals surface area contributed by atoms with E-state index >= 15 is 0 Å². The smallest absolute Gasteiger partial charge is 0.124 e. The zero-order valence-corrected chi connectivity index (χ0v) is 11.5. The Hall–Kier alpha value is -1.41. The number of nitrogens with two attached hydrogens (primary N) is 1. The average molecular weight is 264 g/mol. The molecule has 0 radical (unpaired) electrons. The molecule has 0 bridgehead atoms. The Morgan fingerprint density at radius 3 is 2.68 bits per heavy atom. The molecule has 0 fully saturated rings. The minimum Gasteiger partial charge on any atom is -0.395 e. The van der Waals surface area contributed by atoms with Gasteiger partial charge < -0.3 is 10.8 Å². The molecule has 0 heterocycles. The summed E-state index contributed by atoms with van der Waals surface area (Å²) in [5.41, 5.74) is 6.79. The molecule has 3 nitrogen and oxygen atoms in total. The molecular weight excluding hydrogens is 243 g/mol. The Balaban J connectivity index is 2.90. The van der Waals surface area contributed by atoms with Crippen LogP contribution in [0.2, 0.25) is 0 Å². The summed E-state index contributed by atoms with van der Waals surface area (Å²) in [6.07, 6.45) is 0. The van der Waals surface area contributed by atoms with E-state index in [2.05, 4.69) is 16.7 Å². The number of aliphatic hydroxyl groups is 1. The maximum absolute atomic E-state index is 13.5. The summed E-state index contributed by atoms with van der Waals surface area (Å²) in [6, 6.07) is 5.05. The first-order chi connectivity index (χ1) is 9.06. The first-order valence-corrected chi connectivity index (χ1v) is 6.40. The molecule has 104 valence electrons. The van der Waals surface area contributed by atoms with Gasteiger partial charge in [0.05, 0.1) is 13.2 Å². The average Bonchev–Trinajstić information content (AvgIpc) is 2.35. The summed E-state index contributed by atoms with van der Waals surface area (Å²) in [6.45, 7) is 5.60. The third kappa shape index (κ3) is 5.39. The minimum atomic E-state index is -0.300. The number of rotatable bonds is 5. The molecule has 1 aromatic carbocycles. The molecule has 0 amide bonds. The van der Waals surface area contributed by atoms with Gasteiger partial charge in [0.2, 0.25) is 0 Å². The Morgan fingerprint density at radius 1 is 1.37 bits per heavy atom. The van der Waals surface area contributed by atoms with Crippen LogP contribution in [0.4, 0.5) is 4.39 Å². The van der Waals surface area contributed by atoms with E-state index in [1.165, 1.54) is 12.1 Å². The maximum Gasteiger partial charge on any atom is 0.124 e. The van der Waals surface area contributed by atoms with E-state index in [1.807, 2.05) is 19.9 Å². The highest BCUT2D eigenvalue weighted by Gasteiger charge is 2.10. The summed E-state index contributed by atoms with van der Waals surface area (Å²) >= 11 is 0. The summed E-state index contributed by atoms with van der Waals surface area (Å²) in [5.74, 6) is 5.26. The quantitative estimate of drug-likeness (QED) is 0.789. The van der Waals surface area contributed by atoms with Crippen LogP contribution < -0.4 is 5.73 Å². The second kappa shape index (κ2) is 7.90. The topological polar surface area (TPSA) is 49.5 Å². The van der Waals surface area contributed by atoms with Gasteiger partial charge in [-0.15, -0.1) is 0 Å². The fourth-order valence-corrected chi connectivity index (χ4v) is 1.85. The molecule has 0 aromatic heterocycles. The van der Waals surface area contributed by atoms with Gasteiger partial charge in [-0.05, 0) is 37.6 Å². The number of hydrogen-bond donors (Lipinski definition) is 2. The van der Waals surface area contributed by atoms with E-state index < -0.39 is 0 Å². The van der Waals surface area contributed by atoms with Crippen LogP contribution in [-0.2, 0) is 6.54 Å². The molecule has 3 N–H and O–H groups in total. The second-order valence-electron chi connectivity index (χ2n) is 4.64. The van der Waals surface area contributed by atoms with Crippen molar-refractivity contribution in [1.29, 1.82) is 0 Å². The Morgan fingerprint density at radius 2 is 2.11 bits per heavy atom. The van der Waals surface area contributed by atoms with Gasteiger partial charge in [0.1, 0.15) is 5.82 Å². The SMILES string of the molecule is CC(C)N(CCO)Cc1cc(F)cc(C#CCN)c1. The highest BCUT2D eigenvalue weighted by Crippen LogP contribution is 2.12. The number of hydrogen-bond acceptors (Lipinski definition) is 3. The predicted molar refractivity (Wildman–Crippen MR) is 75.0 cm³/mol. The summed E-state index contributed by atoms with van der Waals surface area (Å²) in [7, 11) is 0. The van der Waals surface area contributed by atoms with Gasteiger partial charge in [-0.3, -0.25) is 4.90 Å². The monoisotopic (exact) mass is 264 g/mol. The summed E-state index contributed by atoms with van der Waals surface area (Å²) in [5, 5.41) is 9.04. The lowest BCUT2D eigenvalue weighted by molar-refractivity contribution is 0.159. The zero-order chi connectivity index (χ0) is 14.3. The van der Waals surface area contributed by atoms with Gasteiger partial charge in [-0.1, -0.05) is 11.8 Å². The molecule has 0 aliphatic carbocycles. The van der Waals surface area contributed by atoms with Crippen molar-refractivity contribution < 1.29 is 9.50 Å².